The van der Waals surface area contributed by atoms with Crippen LogP contribution in [0.2, 0.25) is 5.02 Å². The number of nitrogens with zero attached hydrogens (tertiary/aromatic N) is 4. The molecule has 34 heavy (non-hydrogen) atoms. The smallest absolute Gasteiger partial charge is 0.410 e. The first kappa shape index (κ1) is 23.8. The van der Waals surface area contributed by atoms with Gasteiger partial charge in [-0.1, -0.05) is 29.8 Å². The molecule has 1 amide bonds. The fourth-order valence-electron chi connectivity index (χ4n) is 5.24. The molecule has 2 atom stereocenters. The molecule has 0 saturated carbocycles. The summed E-state index contributed by atoms with van der Waals surface area (Å²) in [5, 5.41) is 0.758. The number of pyridine rings is 1. The van der Waals surface area contributed by atoms with Gasteiger partial charge in [-0.15, -0.1) is 0 Å². The van der Waals surface area contributed by atoms with Crippen molar-refractivity contribution in [1.29, 1.82) is 0 Å². The van der Waals surface area contributed by atoms with Gasteiger partial charge < -0.3 is 14.5 Å². The third-order valence-corrected chi connectivity index (χ3v) is 8.09. The van der Waals surface area contributed by atoms with Crippen LogP contribution < -0.4 is 4.90 Å². The molecule has 0 unspecified atom stereocenters. The molecule has 2 aromatic rings. The summed E-state index contributed by atoms with van der Waals surface area (Å²) in [6.07, 6.45) is 6.20. The van der Waals surface area contributed by atoms with Crippen LogP contribution in [0.1, 0.15) is 46.5 Å². The number of aromatic nitrogens is 1. The third kappa shape index (κ3) is 5.02. The van der Waals surface area contributed by atoms with Crippen LogP contribution in [-0.4, -0.2) is 64.7 Å². The van der Waals surface area contributed by atoms with Crippen molar-refractivity contribution < 1.29 is 9.53 Å². The van der Waals surface area contributed by atoms with E-state index in [0.717, 1.165) is 68.4 Å². The number of carbonyl (C=O) groups is 1. The van der Waals surface area contributed by atoms with Gasteiger partial charge in [0.15, 0.2) is 0 Å². The Morgan fingerprint density at radius 3 is 2.71 bits per heavy atom. The van der Waals surface area contributed by atoms with E-state index < -0.39 is 5.60 Å². The molecule has 4 heterocycles. The zero-order valence-electron chi connectivity index (χ0n) is 20.2. The number of benzene rings is 1. The topological polar surface area (TPSA) is 48.9 Å². The van der Waals surface area contributed by atoms with Gasteiger partial charge in [-0.2, -0.15) is 0 Å². The molecule has 0 N–H and O–H groups in total. The second kappa shape index (κ2) is 9.59. The molecule has 3 aliphatic heterocycles. The molecule has 8 heteroatoms. The van der Waals surface area contributed by atoms with Crippen molar-refractivity contribution in [2.45, 2.75) is 73.9 Å². The monoisotopic (exact) mass is 500 g/mol. The number of carbonyl (C=O) groups excluding carboxylic acids is 1. The second-order valence-corrected chi connectivity index (χ2v) is 11.9. The molecule has 182 valence electrons. The average molecular weight is 501 g/mol. The second-order valence-electron chi connectivity index (χ2n) is 10.4. The Kier molecular flexibility index (Phi) is 6.70. The highest BCUT2D eigenvalue weighted by atomic mass is 35.5. The first-order valence-corrected chi connectivity index (χ1v) is 13.4. The standard InChI is InChI=1S/C26H33ClN4O2S/c1-26(2,3)33-25(32)31-17-19-15-20(31)16-29(19)12-5-4-6-13-30-21-14-18(27)9-10-22(21)34-23-8-7-11-28-24(23)30/h7-11,14,19-20H,4-6,12-13,15-17H2,1-3H3/t19-,20-/m0/s1. The number of unbranched alkanes of at least 4 members (excludes halogenated alkanes) is 2. The molecule has 2 bridgehead atoms. The molecule has 3 aliphatic rings. The van der Waals surface area contributed by atoms with Crippen molar-refractivity contribution in [3.63, 3.8) is 0 Å². The summed E-state index contributed by atoms with van der Waals surface area (Å²) >= 11 is 8.08. The largest absolute Gasteiger partial charge is 0.444 e. The Bertz CT molecular complexity index is 1060. The highest BCUT2D eigenvalue weighted by Crippen LogP contribution is 2.47. The number of halogens is 1. The van der Waals surface area contributed by atoms with Crippen LogP contribution in [0.3, 0.4) is 0 Å². The van der Waals surface area contributed by atoms with Gasteiger partial charge in [-0.05, 0) is 76.9 Å². The summed E-state index contributed by atoms with van der Waals surface area (Å²) in [5.74, 6) is 1.03. The van der Waals surface area contributed by atoms with E-state index in [2.05, 4.69) is 33.0 Å². The van der Waals surface area contributed by atoms with Crippen LogP contribution in [0.4, 0.5) is 16.3 Å². The van der Waals surface area contributed by atoms with Gasteiger partial charge in [0.25, 0.3) is 0 Å². The van der Waals surface area contributed by atoms with Crippen LogP contribution in [-0.2, 0) is 4.74 Å². The molecule has 2 fully saturated rings. The predicted octanol–water partition coefficient (Wildman–Crippen LogP) is 6.20. The predicted molar refractivity (Wildman–Crippen MR) is 137 cm³/mol. The molecule has 2 saturated heterocycles. The maximum absolute atomic E-state index is 12.5. The van der Waals surface area contributed by atoms with Crippen molar-refractivity contribution in [2.75, 3.05) is 31.1 Å². The molecule has 0 radical (unpaired) electrons. The minimum absolute atomic E-state index is 0.159. The SMILES string of the molecule is CC(C)(C)OC(=O)N1C[C@@H]2C[C@H]1CN2CCCCCN1c2cc(Cl)ccc2Sc2cccnc21. The molecular weight excluding hydrogens is 468 g/mol. The highest BCUT2D eigenvalue weighted by molar-refractivity contribution is 7.99. The lowest BCUT2D eigenvalue weighted by Crippen LogP contribution is -2.50. The van der Waals surface area contributed by atoms with Crippen molar-refractivity contribution in [3.05, 3.63) is 41.6 Å². The summed E-state index contributed by atoms with van der Waals surface area (Å²) in [7, 11) is 0. The number of anilines is 2. The zero-order valence-corrected chi connectivity index (χ0v) is 21.7. The highest BCUT2D eigenvalue weighted by Gasteiger charge is 2.46. The van der Waals surface area contributed by atoms with Gasteiger partial charge in [0.2, 0.25) is 0 Å². The van der Waals surface area contributed by atoms with Crippen LogP contribution in [0.5, 0.6) is 0 Å². The van der Waals surface area contributed by atoms with Gasteiger partial charge in [0, 0.05) is 47.8 Å². The summed E-state index contributed by atoms with van der Waals surface area (Å²) in [6, 6.07) is 11.0. The first-order valence-electron chi connectivity index (χ1n) is 12.2. The summed E-state index contributed by atoms with van der Waals surface area (Å²) in [5.41, 5.74) is 0.718. The zero-order chi connectivity index (χ0) is 23.9. The van der Waals surface area contributed by atoms with Crippen molar-refractivity contribution in [1.82, 2.24) is 14.8 Å². The Morgan fingerprint density at radius 2 is 1.94 bits per heavy atom. The van der Waals surface area contributed by atoms with E-state index in [-0.39, 0.29) is 6.09 Å². The van der Waals surface area contributed by atoms with E-state index in [1.807, 2.05) is 44.0 Å². The van der Waals surface area contributed by atoms with Crippen molar-refractivity contribution in [3.8, 4) is 0 Å². The lowest BCUT2D eigenvalue weighted by atomic mass is 10.2. The van der Waals surface area contributed by atoms with Crippen molar-refractivity contribution >= 4 is 41.0 Å². The summed E-state index contributed by atoms with van der Waals surface area (Å²) in [6.45, 7) is 9.57. The fraction of sp³-hybridized carbons (Fsp3) is 0.538. The van der Waals surface area contributed by atoms with Crippen LogP contribution in [0.25, 0.3) is 0 Å². The Morgan fingerprint density at radius 1 is 1.12 bits per heavy atom. The third-order valence-electron chi connectivity index (χ3n) is 6.75. The minimum atomic E-state index is -0.437. The molecule has 0 spiro atoms. The molecular formula is C26H33ClN4O2S. The normalized spacial score (nSPS) is 21.5. The van der Waals surface area contributed by atoms with Gasteiger partial charge in [0.05, 0.1) is 10.6 Å². The van der Waals surface area contributed by atoms with Crippen LogP contribution in [0, 0.1) is 0 Å². The van der Waals surface area contributed by atoms with Gasteiger partial charge in [0.1, 0.15) is 11.4 Å². The quantitative estimate of drug-likeness (QED) is 0.440. The number of rotatable bonds is 6. The lowest BCUT2D eigenvalue weighted by Gasteiger charge is -2.35. The maximum Gasteiger partial charge on any atom is 0.410 e. The van der Waals surface area contributed by atoms with Crippen molar-refractivity contribution in [2.24, 2.45) is 0 Å². The number of fused-ring (bicyclic) bond motifs is 4. The number of likely N-dealkylation sites (tertiary alicyclic amines) is 2. The number of hydrogen-bond donors (Lipinski definition) is 0. The summed E-state index contributed by atoms with van der Waals surface area (Å²) < 4.78 is 5.59. The number of piperazine rings is 1. The molecule has 0 aliphatic carbocycles. The van der Waals surface area contributed by atoms with E-state index in [1.54, 1.807) is 11.8 Å². The van der Waals surface area contributed by atoms with Gasteiger partial charge in [-0.3, -0.25) is 4.90 Å². The minimum Gasteiger partial charge on any atom is -0.444 e. The fourth-order valence-corrected chi connectivity index (χ4v) is 6.45. The lowest BCUT2D eigenvalue weighted by molar-refractivity contribution is 0.0129. The molecule has 5 rings (SSSR count). The maximum atomic E-state index is 12.5. The Hall–Kier alpha value is -1.96. The van der Waals surface area contributed by atoms with Crippen LogP contribution in [0.15, 0.2) is 46.3 Å². The number of hydrogen-bond acceptors (Lipinski definition) is 6. The number of amides is 1. The van der Waals surface area contributed by atoms with E-state index in [1.165, 1.54) is 9.79 Å². The van der Waals surface area contributed by atoms with Gasteiger partial charge >= 0.3 is 6.09 Å². The Labute approximate surface area is 211 Å². The number of ether oxygens (including phenoxy) is 1. The first-order chi connectivity index (χ1) is 16.3. The summed E-state index contributed by atoms with van der Waals surface area (Å²) in [4.78, 5) is 26.4. The van der Waals surface area contributed by atoms with E-state index in [4.69, 9.17) is 16.3 Å². The van der Waals surface area contributed by atoms with Gasteiger partial charge in [-0.25, -0.2) is 9.78 Å². The average Bonchev–Trinajstić information content (AvgIpc) is 3.38. The molecule has 1 aromatic carbocycles. The molecule has 1 aromatic heterocycles. The van der Waals surface area contributed by atoms with E-state index in [9.17, 15) is 4.79 Å². The molecule has 6 nitrogen and oxygen atoms in total. The van der Waals surface area contributed by atoms with E-state index in [0.29, 0.717) is 12.1 Å². The van der Waals surface area contributed by atoms with E-state index >= 15 is 0 Å². The Balaban J connectivity index is 1.11. The van der Waals surface area contributed by atoms with Crippen LogP contribution >= 0.6 is 23.4 Å².